The van der Waals surface area contributed by atoms with E-state index in [2.05, 4.69) is 5.32 Å². The maximum Gasteiger partial charge on any atom is 0.407 e. The Labute approximate surface area is 124 Å². The van der Waals surface area contributed by atoms with Crippen LogP contribution in [0.15, 0.2) is 18.2 Å². The molecule has 1 saturated heterocycles. The van der Waals surface area contributed by atoms with Crippen molar-refractivity contribution >= 4 is 6.09 Å². The molecule has 5 nitrogen and oxygen atoms in total. The fourth-order valence-electron chi connectivity index (χ4n) is 2.52. The summed E-state index contributed by atoms with van der Waals surface area (Å²) in [5.41, 5.74) is 1.10. The smallest absolute Gasteiger partial charge is 0.407 e. The Morgan fingerprint density at radius 1 is 1.33 bits per heavy atom. The highest BCUT2D eigenvalue weighted by Crippen LogP contribution is 2.34. The van der Waals surface area contributed by atoms with E-state index in [9.17, 15) is 4.79 Å². The molecule has 21 heavy (non-hydrogen) atoms. The van der Waals surface area contributed by atoms with Crippen molar-refractivity contribution in [1.29, 1.82) is 0 Å². The van der Waals surface area contributed by atoms with Gasteiger partial charge in [0.25, 0.3) is 0 Å². The van der Waals surface area contributed by atoms with E-state index < -0.39 is 0 Å². The first-order valence-corrected chi connectivity index (χ1v) is 7.47. The minimum atomic E-state index is -0.339. The van der Waals surface area contributed by atoms with Gasteiger partial charge in [0.1, 0.15) is 6.61 Å². The molecule has 1 atom stereocenters. The van der Waals surface area contributed by atoms with Gasteiger partial charge in [0, 0.05) is 0 Å². The van der Waals surface area contributed by atoms with Crippen molar-refractivity contribution in [2.45, 2.75) is 31.7 Å². The van der Waals surface area contributed by atoms with Crippen LogP contribution in [0.1, 0.15) is 24.8 Å². The van der Waals surface area contributed by atoms with E-state index in [1.807, 2.05) is 18.2 Å². The van der Waals surface area contributed by atoms with Gasteiger partial charge in [0.2, 0.25) is 0 Å². The Hall–Kier alpha value is -1.91. The summed E-state index contributed by atoms with van der Waals surface area (Å²) in [6.45, 7) is 1.15. The minimum Gasteiger partial charge on any atom is -0.493 e. The summed E-state index contributed by atoms with van der Waals surface area (Å²) in [5.74, 6) is 2.38. The van der Waals surface area contributed by atoms with E-state index in [0.717, 1.165) is 42.4 Å². The van der Waals surface area contributed by atoms with Crippen molar-refractivity contribution in [3.63, 3.8) is 0 Å². The normalized spacial score (nSPS) is 20.8. The molecule has 1 aromatic rings. The van der Waals surface area contributed by atoms with Crippen LogP contribution < -0.4 is 14.8 Å². The zero-order valence-corrected chi connectivity index (χ0v) is 12.3. The first kappa shape index (κ1) is 14.0. The summed E-state index contributed by atoms with van der Waals surface area (Å²) in [6, 6.07) is 5.94. The van der Waals surface area contributed by atoms with Gasteiger partial charge in [0.05, 0.1) is 19.8 Å². The average molecular weight is 291 g/mol. The number of alkyl carbamates (subject to hydrolysis) is 1. The molecule has 1 aromatic carbocycles. The third kappa shape index (κ3) is 3.80. The molecular weight excluding hydrogens is 270 g/mol. The van der Waals surface area contributed by atoms with Crippen molar-refractivity contribution in [2.24, 2.45) is 5.92 Å². The predicted octanol–water partition coefficient (Wildman–Crippen LogP) is 2.53. The lowest BCUT2D eigenvalue weighted by atomic mass is 10.1. The molecule has 1 heterocycles. The molecular formula is C16H21NO4. The summed E-state index contributed by atoms with van der Waals surface area (Å²) >= 11 is 0. The monoisotopic (exact) mass is 291 g/mol. The quantitative estimate of drug-likeness (QED) is 0.838. The molecule has 5 heteroatoms. The van der Waals surface area contributed by atoms with Gasteiger partial charge in [-0.05, 0) is 36.5 Å². The number of nitrogens with one attached hydrogen (secondary N) is 1. The Kier molecular flexibility index (Phi) is 4.18. The van der Waals surface area contributed by atoms with E-state index in [1.54, 1.807) is 7.11 Å². The summed E-state index contributed by atoms with van der Waals surface area (Å²) in [5, 5.41) is 2.78. The fraction of sp³-hybridized carbons (Fsp3) is 0.562. The molecule has 3 rings (SSSR count). The topological polar surface area (TPSA) is 56.8 Å². The molecule has 0 aromatic heterocycles. The summed E-state index contributed by atoms with van der Waals surface area (Å²) in [7, 11) is 1.65. The van der Waals surface area contributed by atoms with Crippen molar-refractivity contribution in [3.05, 3.63) is 23.8 Å². The number of rotatable bonds is 7. The van der Waals surface area contributed by atoms with Gasteiger partial charge in [-0.3, -0.25) is 0 Å². The van der Waals surface area contributed by atoms with Crippen LogP contribution in [-0.2, 0) is 11.2 Å². The Morgan fingerprint density at radius 2 is 2.19 bits per heavy atom. The molecule has 2 aliphatic rings. The molecule has 0 radical (unpaired) electrons. The molecule has 2 fully saturated rings. The fourth-order valence-corrected chi connectivity index (χ4v) is 2.52. The van der Waals surface area contributed by atoms with Crippen molar-refractivity contribution in [1.82, 2.24) is 5.32 Å². The lowest BCUT2D eigenvalue weighted by Crippen LogP contribution is -2.28. The number of amides is 1. The van der Waals surface area contributed by atoms with Crippen LogP contribution in [0.5, 0.6) is 11.5 Å². The van der Waals surface area contributed by atoms with Gasteiger partial charge in [-0.25, -0.2) is 4.79 Å². The van der Waals surface area contributed by atoms with Crippen LogP contribution in [0, 0.1) is 5.92 Å². The van der Waals surface area contributed by atoms with Crippen LogP contribution in [0.25, 0.3) is 0 Å². The van der Waals surface area contributed by atoms with Crippen LogP contribution >= 0.6 is 0 Å². The van der Waals surface area contributed by atoms with Crippen LogP contribution in [0.2, 0.25) is 0 Å². The molecule has 1 aliphatic heterocycles. The number of benzene rings is 1. The number of ether oxygens (including phenoxy) is 3. The molecule has 1 amide bonds. The summed E-state index contributed by atoms with van der Waals surface area (Å²) in [6.07, 6.45) is 4.17. The van der Waals surface area contributed by atoms with E-state index in [0.29, 0.717) is 6.61 Å². The molecule has 0 bridgehead atoms. The van der Waals surface area contributed by atoms with E-state index in [1.165, 1.54) is 12.8 Å². The van der Waals surface area contributed by atoms with Crippen molar-refractivity contribution < 1.29 is 19.0 Å². The standard InChI is InChI=1S/C16H21NO4/c1-19-14-5-4-12(8-13-10-21-16(18)17-13)9-15(14)20-7-6-11-2-3-11/h4-5,9,11,13H,2-3,6-8,10H2,1H3,(H,17,18)/t13-/m0/s1. The first-order valence-electron chi connectivity index (χ1n) is 7.47. The second-order valence-electron chi connectivity index (χ2n) is 5.71. The largest absolute Gasteiger partial charge is 0.493 e. The molecule has 0 spiro atoms. The van der Waals surface area contributed by atoms with Gasteiger partial charge in [-0.1, -0.05) is 18.9 Å². The number of methoxy groups -OCH3 is 1. The van der Waals surface area contributed by atoms with Crippen molar-refractivity contribution in [2.75, 3.05) is 20.3 Å². The maximum absolute atomic E-state index is 11.0. The second kappa shape index (κ2) is 6.24. The molecule has 1 aliphatic carbocycles. The number of cyclic esters (lactones) is 1. The van der Waals surface area contributed by atoms with Crippen molar-refractivity contribution in [3.8, 4) is 11.5 Å². The number of carbonyl (C=O) groups excluding carboxylic acids is 1. The number of carbonyl (C=O) groups is 1. The number of hydrogen-bond acceptors (Lipinski definition) is 4. The van der Waals surface area contributed by atoms with Gasteiger partial charge in [-0.2, -0.15) is 0 Å². The van der Waals surface area contributed by atoms with Gasteiger partial charge >= 0.3 is 6.09 Å². The number of hydrogen-bond donors (Lipinski definition) is 1. The highest BCUT2D eigenvalue weighted by Gasteiger charge is 2.23. The third-order valence-corrected chi connectivity index (χ3v) is 3.93. The predicted molar refractivity (Wildman–Crippen MR) is 77.8 cm³/mol. The van der Waals surface area contributed by atoms with E-state index >= 15 is 0 Å². The molecule has 0 unspecified atom stereocenters. The lowest BCUT2D eigenvalue weighted by Gasteiger charge is -2.13. The van der Waals surface area contributed by atoms with Gasteiger partial charge in [-0.15, -0.1) is 0 Å². The SMILES string of the molecule is COc1ccc(C[C@H]2COC(=O)N2)cc1OCCC1CC1. The molecule has 1 saturated carbocycles. The van der Waals surface area contributed by atoms with Gasteiger partial charge < -0.3 is 19.5 Å². The zero-order chi connectivity index (χ0) is 14.7. The van der Waals surface area contributed by atoms with Gasteiger partial charge in [0.15, 0.2) is 11.5 Å². The van der Waals surface area contributed by atoms with Crippen LogP contribution in [-0.4, -0.2) is 32.5 Å². The Bertz CT molecular complexity index is 513. The van der Waals surface area contributed by atoms with E-state index in [-0.39, 0.29) is 12.1 Å². The third-order valence-electron chi connectivity index (χ3n) is 3.93. The first-order chi connectivity index (χ1) is 10.2. The summed E-state index contributed by atoms with van der Waals surface area (Å²) < 4.78 is 16.1. The van der Waals surface area contributed by atoms with E-state index in [4.69, 9.17) is 14.2 Å². The average Bonchev–Trinajstić information content (AvgIpc) is 3.21. The zero-order valence-electron chi connectivity index (χ0n) is 12.3. The lowest BCUT2D eigenvalue weighted by molar-refractivity contribution is 0.177. The Morgan fingerprint density at radius 3 is 2.86 bits per heavy atom. The highest BCUT2D eigenvalue weighted by molar-refractivity contribution is 5.69. The molecule has 114 valence electrons. The minimum absolute atomic E-state index is 0.0326. The maximum atomic E-state index is 11.0. The molecule has 1 N–H and O–H groups in total. The summed E-state index contributed by atoms with van der Waals surface area (Å²) in [4.78, 5) is 11.0. The van der Waals surface area contributed by atoms with Crippen LogP contribution in [0.3, 0.4) is 0 Å². The Balaban J connectivity index is 1.61. The highest BCUT2D eigenvalue weighted by atomic mass is 16.6. The second-order valence-corrected chi connectivity index (χ2v) is 5.71. The van der Waals surface area contributed by atoms with Crippen LogP contribution in [0.4, 0.5) is 4.79 Å².